The van der Waals surface area contributed by atoms with E-state index in [2.05, 4.69) is 29.2 Å². The summed E-state index contributed by atoms with van der Waals surface area (Å²) in [6.07, 6.45) is 5.74. The van der Waals surface area contributed by atoms with Crippen LogP contribution >= 0.6 is 0 Å². The van der Waals surface area contributed by atoms with E-state index in [4.69, 9.17) is 0 Å². The Balaban J connectivity index is 1.17. The molecule has 2 heterocycles. The molecule has 36 heavy (non-hydrogen) atoms. The minimum Gasteiger partial charge on any atom is -0.340 e. The zero-order chi connectivity index (χ0) is 25.0. The van der Waals surface area contributed by atoms with Gasteiger partial charge in [0.05, 0.1) is 10.8 Å². The van der Waals surface area contributed by atoms with E-state index in [-0.39, 0.29) is 18.4 Å². The standard InChI is InChI=1S/C29H33N3O3S/c33-29(31-20-18-30(19-21-31)16-6-10-24-8-2-1-3-9-24)27-13-7-17-32(23-27)36(34,35)28-15-14-25-11-4-5-12-26(25)22-28/h1-6,8-12,14-15,22,27H,7,13,16-21,23H2/b10-6+/t27-/m1/s1. The maximum Gasteiger partial charge on any atom is 0.243 e. The third-order valence-electron chi connectivity index (χ3n) is 7.25. The largest absolute Gasteiger partial charge is 0.340 e. The van der Waals surface area contributed by atoms with Crippen LogP contribution in [0.25, 0.3) is 16.8 Å². The van der Waals surface area contributed by atoms with Crippen LogP contribution in [0.3, 0.4) is 0 Å². The Morgan fingerprint density at radius 1 is 0.861 bits per heavy atom. The molecule has 0 saturated carbocycles. The topological polar surface area (TPSA) is 60.9 Å². The first-order valence-electron chi connectivity index (χ1n) is 12.7. The summed E-state index contributed by atoms with van der Waals surface area (Å²) in [5, 5.41) is 1.91. The second-order valence-corrected chi connectivity index (χ2v) is 11.6. The maximum atomic E-state index is 13.4. The molecule has 2 saturated heterocycles. The smallest absolute Gasteiger partial charge is 0.243 e. The Hall–Kier alpha value is -3.00. The quantitative estimate of drug-likeness (QED) is 0.508. The summed E-state index contributed by atoms with van der Waals surface area (Å²) < 4.78 is 28.3. The number of benzene rings is 3. The predicted molar refractivity (Wildman–Crippen MR) is 144 cm³/mol. The van der Waals surface area contributed by atoms with Crippen LogP contribution in [0.5, 0.6) is 0 Å². The lowest BCUT2D eigenvalue weighted by atomic mass is 9.98. The zero-order valence-corrected chi connectivity index (χ0v) is 21.3. The third-order valence-corrected chi connectivity index (χ3v) is 9.11. The van der Waals surface area contributed by atoms with Gasteiger partial charge in [-0.15, -0.1) is 0 Å². The first-order chi connectivity index (χ1) is 17.5. The summed E-state index contributed by atoms with van der Waals surface area (Å²) in [4.78, 5) is 17.9. The molecule has 1 atom stereocenters. The fourth-order valence-corrected chi connectivity index (χ4v) is 6.71. The van der Waals surface area contributed by atoms with Gasteiger partial charge in [-0.3, -0.25) is 9.69 Å². The third kappa shape index (κ3) is 5.53. The number of amides is 1. The number of fused-ring (bicyclic) bond motifs is 1. The number of nitrogens with zero attached hydrogens (tertiary/aromatic N) is 3. The molecule has 0 unspecified atom stereocenters. The summed E-state index contributed by atoms with van der Waals surface area (Å²) >= 11 is 0. The van der Waals surface area contributed by atoms with Gasteiger partial charge in [-0.25, -0.2) is 8.42 Å². The van der Waals surface area contributed by atoms with Gasteiger partial charge in [-0.1, -0.05) is 72.8 Å². The highest BCUT2D eigenvalue weighted by Gasteiger charge is 2.35. The average molecular weight is 504 g/mol. The van der Waals surface area contributed by atoms with Crippen molar-refractivity contribution >= 4 is 32.8 Å². The minimum atomic E-state index is -3.65. The van der Waals surface area contributed by atoms with Crippen molar-refractivity contribution in [1.82, 2.24) is 14.1 Å². The molecule has 0 spiro atoms. The second kappa shape index (κ2) is 10.9. The van der Waals surface area contributed by atoms with Crippen molar-refractivity contribution in [3.8, 4) is 0 Å². The van der Waals surface area contributed by atoms with Gasteiger partial charge in [-0.05, 0) is 41.3 Å². The number of hydrogen-bond acceptors (Lipinski definition) is 4. The van der Waals surface area contributed by atoms with Crippen LogP contribution in [0, 0.1) is 5.92 Å². The van der Waals surface area contributed by atoms with Gasteiger partial charge >= 0.3 is 0 Å². The van der Waals surface area contributed by atoms with Crippen molar-refractivity contribution in [2.45, 2.75) is 17.7 Å². The number of hydrogen-bond donors (Lipinski definition) is 0. The van der Waals surface area contributed by atoms with Gasteiger partial charge in [0.2, 0.25) is 15.9 Å². The lowest BCUT2D eigenvalue weighted by Crippen LogP contribution is -2.53. The molecule has 0 N–H and O–H groups in total. The van der Waals surface area contributed by atoms with Crippen LogP contribution in [0.4, 0.5) is 0 Å². The van der Waals surface area contributed by atoms with Crippen molar-refractivity contribution in [3.63, 3.8) is 0 Å². The number of piperazine rings is 1. The highest BCUT2D eigenvalue weighted by Crippen LogP contribution is 2.27. The van der Waals surface area contributed by atoms with Gasteiger partial charge in [0.25, 0.3) is 0 Å². The van der Waals surface area contributed by atoms with E-state index >= 15 is 0 Å². The first-order valence-corrected chi connectivity index (χ1v) is 14.2. The van der Waals surface area contributed by atoms with E-state index in [1.165, 1.54) is 9.87 Å². The lowest BCUT2D eigenvalue weighted by molar-refractivity contribution is -0.138. The fraction of sp³-hybridized carbons (Fsp3) is 0.345. The number of sulfonamides is 1. The van der Waals surface area contributed by atoms with Crippen LogP contribution in [-0.4, -0.2) is 74.2 Å². The Bertz CT molecular complexity index is 1330. The molecule has 5 rings (SSSR count). The molecule has 0 bridgehead atoms. The molecular formula is C29H33N3O3S. The second-order valence-electron chi connectivity index (χ2n) is 9.65. The Morgan fingerprint density at radius 2 is 1.58 bits per heavy atom. The summed E-state index contributed by atoms with van der Waals surface area (Å²) in [5.74, 6) is -0.189. The van der Waals surface area contributed by atoms with E-state index in [1.54, 1.807) is 12.1 Å². The van der Waals surface area contributed by atoms with Crippen LogP contribution < -0.4 is 0 Å². The van der Waals surface area contributed by atoms with Crippen molar-refractivity contribution in [1.29, 1.82) is 0 Å². The summed E-state index contributed by atoms with van der Waals surface area (Å²) in [6, 6.07) is 23.3. The van der Waals surface area contributed by atoms with E-state index < -0.39 is 10.0 Å². The predicted octanol–water partition coefficient (Wildman–Crippen LogP) is 4.10. The summed E-state index contributed by atoms with van der Waals surface area (Å²) in [6.45, 7) is 4.61. The number of piperidine rings is 1. The van der Waals surface area contributed by atoms with E-state index in [0.717, 1.165) is 36.8 Å². The SMILES string of the molecule is O=C([C@@H]1CCCN(S(=O)(=O)c2ccc3ccccc3c2)C1)N1CCN(C/C=C/c2ccccc2)CC1. The Morgan fingerprint density at radius 3 is 2.36 bits per heavy atom. The van der Waals surface area contributed by atoms with Crippen molar-refractivity contribution in [2.24, 2.45) is 5.92 Å². The van der Waals surface area contributed by atoms with Crippen molar-refractivity contribution < 1.29 is 13.2 Å². The average Bonchev–Trinajstić information content (AvgIpc) is 2.93. The fourth-order valence-electron chi connectivity index (χ4n) is 5.15. The first kappa shape index (κ1) is 24.7. The molecule has 1 amide bonds. The minimum absolute atomic E-state index is 0.0906. The number of carbonyl (C=O) groups excluding carboxylic acids is 1. The molecule has 0 aromatic heterocycles. The van der Waals surface area contributed by atoms with E-state index in [0.29, 0.717) is 31.0 Å². The molecule has 2 fully saturated rings. The maximum absolute atomic E-state index is 13.4. The molecular weight excluding hydrogens is 470 g/mol. The molecule has 0 aliphatic carbocycles. The van der Waals surface area contributed by atoms with Crippen LogP contribution in [-0.2, 0) is 14.8 Å². The van der Waals surface area contributed by atoms with Crippen molar-refractivity contribution in [2.75, 3.05) is 45.8 Å². The highest BCUT2D eigenvalue weighted by atomic mass is 32.2. The molecule has 3 aromatic carbocycles. The van der Waals surface area contributed by atoms with Gasteiger partial charge in [0.1, 0.15) is 0 Å². The van der Waals surface area contributed by atoms with E-state index in [1.807, 2.05) is 53.4 Å². The van der Waals surface area contributed by atoms with Gasteiger partial charge in [-0.2, -0.15) is 4.31 Å². The molecule has 7 heteroatoms. The molecule has 2 aliphatic rings. The molecule has 188 valence electrons. The van der Waals surface area contributed by atoms with Gasteiger partial charge in [0, 0.05) is 45.8 Å². The number of carbonyl (C=O) groups is 1. The molecule has 6 nitrogen and oxygen atoms in total. The Labute approximate surface area is 213 Å². The summed E-state index contributed by atoms with van der Waals surface area (Å²) in [5.41, 5.74) is 1.19. The van der Waals surface area contributed by atoms with Gasteiger partial charge in [0.15, 0.2) is 0 Å². The van der Waals surface area contributed by atoms with Crippen LogP contribution in [0.1, 0.15) is 18.4 Å². The normalized spacial score (nSPS) is 20.2. The van der Waals surface area contributed by atoms with Crippen LogP contribution in [0.15, 0.2) is 83.8 Å². The van der Waals surface area contributed by atoms with E-state index in [9.17, 15) is 13.2 Å². The van der Waals surface area contributed by atoms with Gasteiger partial charge < -0.3 is 4.90 Å². The van der Waals surface area contributed by atoms with Crippen LogP contribution in [0.2, 0.25) is 0 Å². The number of rotatable bonds is 6. The molecule has 3 aromatic rings. The summed E-state index contributed by atoms with van der Waals surface area (Å²) in [7, 11) is -3.65. The zero-order valence-electron chi connectivity index (χ0n) is 20.5. The van der Waals surface area contributed by atoms with Crippen molar-refractivity contribution in [3.05, 3.63) is 84.4 Å². The molecule has 2 aliphatic heterocycles. The molecule has 0 radical (unpaired) electrons. The monoisotopic (exact) mass is 503 g/mol. The highest BCUT2D eigenvalue weighted by molar-refractivity contribution is 7.89. The Kier molecular flexibility index (Phi) is 7.51. The lowest BCUT2D eigenvalue weighted by Gasteiger charge is -2.38.